The average molecular weight is 527 g/mol. The molecule has 1 N–H and O–H groups in total. The number of hydrogen-bond acceptors (Lipinski definition) is 4. The van der Waals surface area contributed by atoms with Gasteiger partial charge in [-0.3, -0.25) is 4.55 Å². The van der Waals surface area contributed by atoms with Gasteiger partial charge in [-0.1, -0.05) is 129 Å². The summed E-state index contributed by atoms with van der Waals surface area (Å²) in [6.07, 6.45) is 25.1. The van der Waals surface area contributed by atoms with Gasteiger partial charge in [0.05, 0.1) is 18.1 Å². The van der Waals surface area contributed by atoms with E-state index in [4.69, 9.17) is 9.47 Å². The van der Waals surface area contributed by atoms with E-state index in [0.717, 1.165) is 25.7 Å². The molecule has 0 atom stereocenters. The Labute approximate surface area is 222 Å². The number of rotatable bonds is 25. The first-order valence-corrected chi connectivity index (χ1v) is 16.3. The van der Waals surface area contributed by atoms with E-state index in [-0.39, 0.29) is 4.90 Å². The molecule has 6 heteroatoms. The van der Waals surface area contributed by atoms with Crippen molar-refractivity contribution < 1.29 is 22.4 Å². The molecule has 0 fully saturated rings. The highest BCUT2D eigenvalue weighted by molar-refractivity contribution is 7.85. The fourth-order valence-electron chi connectivity index (χ4n) is 4.42. The number of benzene rings is 1. The summed E-state index contributed by atoms with van der Waals surface area (Å²) >= 11 is 0. The van der Waals surface area contributed by atoms with Crippen molar-refractivity contribution in [1.82, 2.24) is 0 Å². The molecule has 0 saturated carbocycles. The third-order valence-corrected chi connectivity index (χ3v) is 7.57. The predicted molar refractivity (Wildman–Crippen MR) is 151 cm³/mol. The lowest BCUT2D eigenvalue weighted by Gasteiger charge is -2.14. The van der Waals surface area contributed by atoms with Gasteiger partial charge in [0.25, 0.3) is 10.1 Å². The lowest BCUT2D eigenvalue weighted by molar-refractivity contribution is 0.257. The zero-order valence-electron chi connectivity index (χ0n) is 23.3. The van der Waals surface area contributed by atoms with Crippen LogP contribution in [0.5, 0.6) is 11.5 Å². The molecule has 210 valence electrons. The Hall–Kier alpha value is -1.27. The Balaban J connectivity index is 2.29. The molecule has 1 aromatic carbocycles. The normalized spacial score (nSPS) is 11.6. The van der Waals surface area contributed by atoms with Gasteiger partial charge in [-0.15, -0.1) is 0 Å². The summed E-state index contributed by atoms with van der Waals surface area (Å²) < 4.78 is 44.4. The molecule has 0 amide bonds. The third kappa shape index (κ3) is 17.2. The minimum Gasteiger partial charge on any atom is -0.490 e. The smallest absolute Gasteiger partial charge is 0.294 e. The van der Waals surface area contributed by atoms with Gasteiger partial charge in [-0.2, -0.15) is 8.42 Å². The lowest BCUT2D eigenvalue weighted by Crippen LogP contribution is -2.05. The number of hydrogen-bond donors (Lipinski definition) is 1. The Kier molecular flexibility index (Phi) is 19.8. The second-order valence-electron chi connectivity index (χ2n) is 10.1. The first-order valence-electron chi connectivity index (χ1n) is 14.9. The van der Waals surface area contributed by atoms with Gasteiger partial charge in [0.2, 0.25) is 0 Å². The quantitative estimate of drug-likeness (QED) is 0.101. The van der Waals surface area contributed by atoms with E-state index in [0.29, 0.717) is 24.7 Å². The van der Waals surface area contributed by atoms with Crippen molar-refractivity contribution >= 4 is 10.1 Å². The van der Waals surface area contributed by atoms with Crippen molar-refractivity contribution in [1.29, 1.82) is 0 Å². The monoisotopic (exact) mass is 526 g/mol. The molecule has 0 bridgehead atoms. The zero-order chi connectivity index (χ0) is 26.3. The Morgan fingerprint density at radius 1 is 0.556 bits per heavy atom. The van der Waals surface area contributed by atoms with Gasteiger partial charge in [0.1, 0.15) is 0 Å². The van der Waals surface area contributed by atoms with Crippen LogP contribution in [-0.4, -0.2) is 26.2 Å². The summed E-state index contributed by atoms with van der Waals surface area (Å²) in [5, 5.41) is 0. The molecule has 5 nitrogen and oxygen atoms in total. The Morgan fingerprint density at radius 2 is 0.917 bits per heavy atom. The molecule has 1 aromatic rings. The second kappa shape index (κ2) is 21.8. The first-order chi connectivity index (χ1) is 17.5. The minimum absolute atomic E-state index is 0.160. The van der Waals surface area contributed by atoms with Gasteiger partial charge in [0.15, 0.2) is 11.5 Å². The van der Waals surface area contributed by atoms with Crippen LogP contribution in [0.4, 0.5) is 0 Å². The Bertz CT molecular complexity index is 748. The molecule has 0 aromatic heterocycles. The van der Waals surface area contributed by atoms with Crippen LogP contribution in [-0.2, 0) is 10.1 Å². The van der Waals surface area contributed by atoms with Crippen molar-refractivity contribution in [3.63, 3.8) is 0 Å². The third-order valence-electron chi connectivity index (χ3n) is 6.72. The number of ether oxygens (including phenoxy) is 2. The van der Waals surface area contributed by atoms with Crippen molar-refractivity contribution in [2.75, 3.05) is 13.2 Å². The lowest BCUT2D eigenvalue weighted by atomic mass is 10.1. The van der Waals surface area contributed by atoms with Crippen molar-refractivity contribution in [2.45, 2.75) is 147 Å². The van der Waals surface area contributed by atoms with Crippen molar-refractivity contribution in [2.24, 2.45) is 0 Å². The SMILES string of the molecule is CCCCCCCCCCCCOc1ccc(S(=O)(=O)O)cc1OCCCCCCCCCCCC. The van der Waals surface area contributed by atoms with E-state index >= 15 is 0 Å². The van der Waals surface area contributed by atoms with Crippen LogP contribution in [0.25, 0.3) is 0 Å². The molecular weight excluding hydrogens is 472 g/mol. The topological polar surface area (TPSA) is 72.8 Å². The molecule has 0 aliphatic carbocycles. The van der Waals surface area contributed by atoms with Crippen LogP contribution in [0.1, 0.15) is 142 Å². The average Bonchev–Trinajstić information content (AvgIpc) is 2.85. The minimum atomic E-state index is -4.28. The van der Waals surface area contributed by atoms with Gasteiger partial charge < -0.3 is 9.47 Å². The second-order valence-corrected chi connectivity index (χ2v) is 11.6. The van der Waals surface area contributed by atoms with E-state index in [2.05, 4.69) is 13.8 Å². The van der Waals surface area contributed by atoms with Crippen LogP contribution in [0.2, 0.25) is 0 Å². The van der Waals surface area contributed by atoms with Gasteiger partial charge in [-0.25, -0.2) is 0 Å². The summed E-state index contributed by atoms with van der Waals surface area (Å²) in [5.41, 5.74) is 0. The van der Waals surface area contributed by atoms with E-state index < -0.39 is 10.1 Å². The van der Waals surface area contributed by atoms with Crippen LogP contribution < -0.4 is 9.47 Å². The van der Waals surface area contributed by atoms with Gasteiger partial charge in [0, 0.05) is 6.07 Å². The molecule has 0 heterocycles. The van der Waals surface area contributed by atoms with E-state index in [9.17, 15) is 13.0 Å². The number of unbranched alkanes of at least 4 members (excludes halogenated alkanes) is 18. The molecular formula is C30H54O5S. The fraction of sp³-hybridized carbons (Fsp3) is 0.800. The maximum atomic E-state index is 11.6. The van der Waals surface area contributed by atoms with Gasteiger partial charge >= 0.3 is 0 Å². The van der Waals surface area contributed by atoms with E-state index in [1.165, 1.54) is 115 Å². The van der Waals surface area contributed by atoms with Crippen molar-refractivity contribution in [3.8, 4) is 11.5 Å². The summed E-state index contributed by atoms with van der Waals surface area (Å²) in [7, 11) is -4.28. The molecule has 0 aliphatic heterocycles. The highest BCUT2D eigenvalue weighted by Gasteiger charge is 2.14. The zero-order valence-corrected chi connectivity index (χ0v) is 24.1. The molecule has 0 unspecified atom stereocenters. The van der Waals surface area contributed by atoms with Crippen LogP contribution in [0.15, 0.2) is 23.1 Å². The summed E-state index contributed by atoms with van der Waals surface area (Å²) in [4.78, 5) is -0.160. The largest absolute Gasteiger partial charge is 0.490 e. The molecule has 0 radical (unpaired) electrons. The molecule has 0 aliphatic rings. The molecule has 1 rings (SSSR count). The highest BCUT2D eigenvalue weighted by Crippen LogP contribution is 2.31. The summed E-state index contributed by atoms with van der Waals surface area (Å²) in [6, 6.07) is 4.34. The maximum Gasteiger partial charge on any atom is 0.294 e. The van der Waals surface area contributed by atoms with E-state index in [1.54, 1.807) is 6.07 Å². The van der Waals surface area contributed by atoms with Crippen LogP contribution >= 0.6 is 0 Å². The summed E-state index contributed by atoms with van der Waals surface area (Å²) in [5.74, 6) is 0.943. The predicted octanol–water partition coefficient (Wildman–Crippen LogP) is 9.53. The highest BCUT2D eigenvalue weighted by atomic mass is 32.2. The first kappa shape index (κ1) is 32.8. The molecule has 36 heavy (non-hydrogen) atoms. The van der Waals surface area contributed by atoms with Crippen LogP contribution in [0.3, 0.4) is 0 Å². The maximum absolute atomic E-state index is 11.6. The molecule has 0 saturated heterocycles. The van der Waals surface area contributed by atoms with E-state index in [1.807, 2.05) is 0 Å². The fourth-order valence-corrected chi connectivity index (χ4v) is 4.92. The van der Waals surface area contributed by atoms with Crippen LogP contribution in [0, 0.1) is 0 Å². The van der Waals surface area contributed by atoms with Gasteiger partial charge in [-0.05, 0) is 25.0 Å². The summed E-state index contributed by atoms with van der Waals surface area (Å²) in [6.45, 7) is 5.59. The standard InChI is InChI=1S/C30H54O5S/c1-3-5-7-9-11-13-15-17-19-21-25-34-29-24-23-28(36(31,32)33)27-30(29)35-26-22-20-18-16-14-12-10-8-6-4-2/h23-24,27H,3-22,25-26H2,1-2H3,(H,31,32,33). The van der Waals surface area contributed by atoms with Crippen molar-refractivity contribution in [3.05, 3.63) is 18.2 Å². The molecule has 0 spiro atoms. The Morgan fingerprint density at radius 3 is 1.31 bits per heavy atom.